The van der Waals surface area contributed by atoms with E-state index in [1.54, 1.807) is 0 Å². The van der Waals surface area contributed by atoms with Gasteiger partial charge in [0.2, 0.25) is 11.8 Å². The number of aromatic nitrogens is 1. The molecule has 6 heteroatoms. The summed E-state index contributed by atoms with van der Waals surface area (Å²) in [5.41, 5.74) is 2.56. The number of carbonyl (C=O) groups excluding carboxylic acids is 2. The Morgan fingerprint density at radius 1 is 1.15 bits per heavy atom. The van der Waals surface area contributed by atoms with Crippen LogP contribution < -0.4 is 10.6 Å². The smallest absolute Gasteiger partial charge is 0.226 e. The lowest BCUT2D eigenvalue weighted by atomic mass is 9.86. The number of thiazole rings is 1. The maximum Gasteiger partial charge on any atom is 0.226 e. The number of hydrogen-bond donors (Lipinski definition) is 2. The van der Waals surface area contributed by atoms with Crippen molar-refractivity contribution in [3.63, 3.8) is 0 Å². The molecule has 2 N–H and O–H groups in total. The van der Waals surface area contributed by atoms with Crippen LogP contribution in [0.5, 0.6) is 0 Å². The number of benzene rings is 1. The van der Waals surface area contributed by atoms with Crippen molar-refractivity contribution < 1.29 is 9.59 Å². The fourth-order valence-electron chi connectivity index (χ4n) is 4.43. The van der Waals surface area contributed by atoms with Gasteiger partial charge in [-0.05, 0) is 49.1 Å². The number of hydrogen-bond acceptors (Lipinski definition) is 4. The molecule has 5 nitrogen and oxygen atoms in total. The number of fused-ring (bicyclic) bond motifs is 2. The van der Waals surface area contributed by atoms with Gasteiger partial charge in [-0.1, -0.05) is 18.6 Å². The van der Waals surface area contributed by atoms with E-state index >= 15 is 0 Å². The molecule has 0 unspecified atom stereocenters. The molecule has 0 saturated heterocycles. The van der Waals surface area contributed by atoms with E-state index in [2.05, 4.69) is 15.6 Å². The highest BCUT2D eigenvalue weighted by atomic mass is 32.1. The number of anilines is 2. The second kappa shape index (κ2) is 7.19. The maximum atomic E-state index is 12.4. The van der Waals surface area contributed by atoms with Gasteiger partial charge in [0.25, 0.3) is 0 Å². The molecule has 0 aliphatic heterocycles. The minimum absolute atomic E-state index is 0.0875. The predicted molar refractivity (Wildman–Crippen MR) is 104 cm³/mol. The van der Waals surface area contributed by atoms with Crippen LogP contribution in [0.15, 0.2) is 29.6 Å². The van der Waals surface area contributed by atoms with Crippen LogP contribution in [0.25, 0.3) is 11.3 Å². The second-order valence-electron chi connectivity index (χ2n) is 7.48. The molecule has 2 amide bonds. The van der Waals surface area contributed by atoms with Crippen LogP contribution in [0.1, 0.15) is 39.0 Å². The SMILES string of the molecule is CC(=O)Nc1ccc(-c2csc(NC(=O)C[C@H]3C[C@H]4CC[C@H]3C4)n2)cc1. The van der Waals surface area contributed by atoms with E-state index in [0.717, 1.165) is 28.8 Å². The average molecular weight is 369 g/mol. The Hall–Kier alpha value is -2.21. The van der Waals surface area contributed by atoms with Crippen molar-refractivity contribution in [1.29, 1.82) is 0 Å². The van der Waals surface area contributed by atoms with E-state index in [1.165, 1.54) is 43.9 Å². The fourth-order valence-corrected chi connectivity index (χ4v) is 5.16. The molecule has 2 aromatic rings. The molecule has 2 fully saturated rings. The van der Waals surface area contributed by atoms with Gasteiger partial charge in [0.15, 0.2) is 5.13 Å². The Morgan fingerprint density at radius 3 is 2.62 bits per heavy atom. The molecule has 2 aliphatic rings. The molecular formula is C20H23N3O2S. The first-order valence-electron chi connectivity index (χ1n) is 9.20. The van der Waals surface area contributed by atoms with Gasteiger partial charge in [-0.25, -0.2) is 4.98 Å². The van der Waals surface area contributed by atoms with Crippen molar-refractivity contribution in [3.8, 4) is 11.3 Å². The zero-order chi connectivity index (χ0) is 18.1. The zero-order valence-electron chi connectivity index (χ0n) is 14.8. The van der Waals surface area contributed by atoms with Crippen molar-refractivity contribution in [2.24, 2.45) is 17.8 Å². The van der Waals surface area contributed by atoms with Gasteiger partial charge in [-0.15, -0.1) is 11.3 Å². The summed E-state index contributed by atoms with van der Waals surface area (Å²) in [6, 6.07) is 7.54. The molecular weight excluding hydrogens is 346 g/mol. The van der Waals surface area contributed by atoms with Gasteiger partial charge in [0.05, 0.1) is 5.69 Å². The number of amides is 2. The molecule has 2 aliphatic carbocycles. The Balaban J connectivity index is 1.35. The van der Waals surface area contributed by atoms with Gasteiger partial charge in [0.1, 0.15) is 0 Å². The van der Waals surface area contributed by atoms with Crippen molar-refractivity contribution in [2.75, 3.05) is 10.6 Å². The molecule has 1 aromatic heterocycles. The van der Waals surface area contributed by atoms with Gasteiger partial charge in [0, 0.05) is 30.0 Å². The molecule has 4 rings (SSSR count). The molecule has 2 saturated carbocycles. The highest BCUT2D eigenvalue weighted by Crippen LogP contribution is 2.49. The lowest BCUT2D eigenvalue weighted by Crippen LogP contribution is -2.20. The molecule has 1 aromatic carbocycles. The van der Waals surface area contributed by atoms with E-state index in [1.807, 2.05) is 29.6 Å². The van der Waals surface area contributed by atoms with E-state index in [9.17, 15) is 9.59 Å². The van der Waals surface area contributed by atoms with Crippen LogP contribution in [0.3, 0.4) is 0 Å². The predicted octanol–water partition coefficient (Wildman–Crippen LogP) is 4.53. The summed E-state index contributed by atoms with van der Waals surface area (Å²) in [5.74, 6) is 2.19. The Morgan fingerprint density at radius 2 is 1.96 bits per heavy atom. The van der Waals surface area contributed by atoms with E-state index < -0.39 is 0 Å². The van der Waals surface area contributed by atoms with Crippen molar-refractivity contribution in [2.45, 2.75) is 39.0 Å². The molecule has 1 heterocycles. The van der Waals surface area contributed by atoms with Crippen LogP contribution in [0.2, 0.25) is 0 Å². The summed E-state index contributed by atoms with van der Waals surface area (Å²) in [4.78, 5) is 28.0. The van der Waals surface area contributed by atoms with E-state index in [4.69, 9.17) is 0 Å². The van der Waals surface area contributed by atoms with Crippen molar-refractivity contribution >= 4 is 34.0 Å². The highest BCUT2D eigenvalue weighted by Gasteiger charge is 2.40. The normalized spacial score (nSPS) is 23.8. The van der Waals surface area contributed by atoms with Crippen LogP contribution >= 0.6 is 11.3 Å². The number of nitrogens with one attached hydrogen (secondary N) is 2. The second-order valence-corrected chi connectivity index (χ2v) is 8.34. The number of nitrogens with zero attached hydrogens (tertiary/aromatic N) is 1. The fraction of sp³-hybridized carbons (Fsp3) is 0.450. The quantitative estimate of drug-likeness (QED) is 0.813. The van der Waals surface area contributed by atoms with Crippen molar-refractivity contribution in [3.05, 3.63) is 29.6 Å². The van der Waals surface area contributed by atoms with Crippen LogP contribution in [-0.2, 0) is 9.59 Å². The van der Waals surface area contributed by atoms with Crippen LogP contribution in [-0.4, -0.2) is 16.8 Å². The highest BCUT2D eigenvalue weighted by molar-refractivity contribution is 7.14. The summed E-state index contributed by atoms with van der Waals surface area (Å²) in [5, 5.41) is 8.31. The third-order valence-corrected chi connectivity index (χ3v) is 6.34. The van der Waals surface area contributed by atoms with Gasteiger partial charge < -0.3 is 10.6 Å². The van der Waals surface area contributed by atoms with Crippen LogP contribution in [0.4, 0.5) is 10.8 Å². The summed E-state index contributed by atoms with van der Waals surface area (Å²) < 4.78 is 0. The minimum Gasteiger partial charge on any atom is -0.326 e. The minimum atomic E-state index is -0.0908. The van der Waals surface area contributed by atoms with E-state index in [0.29, 0.717) is 17.5 Å². The largest absolute Gasteiger partial charge is 0.326 e. The molecule has 2 bridgehead atoms. The Bertz CT molecular complexity index is 815. The molecule has 26 heavy (non-hydrogen) atoms. The van der Waals surface area contributed by atoms with E-state index in [-0.39, 0.29) is 11.8 Å². The zero-order valence-corrected chi connectivity index (χ0v) is 15.6. The number of rotatable bonds is 5. The lowest BCUT2D eigenvalue weighted by molar-refractivity contribution is -0.117. The standard InChI is InChI=1S/C20H23N3O2S/c1-12(24)21-17-6-4-14(5-7-17)18-11-26-20(22-18)23-19(25)10-16-9-13-2-3-15(16)8-13/h4-7,11,13,15-16H,2-3,8-10H2,1H3,(H,21,24)(H,22,23,25)/t13-,15-,16+/m0/s1. The summed E-state index contributed by atoms with van der Waals surface area (Å²) in [6.07, 6.45) is 5.84. The Labute approximate surface area is 157 Å². The first-order valence-corrected chi connectivity index (χ1v) is 10.1. The molecule has 136 valence electrons. The van der Waals surface area contributed by atoms with Gasteiger partial charge in [-0.3, -0.25) is 9.59 Å². The van der Waals surface area contributed by atoms with Gasteiger partial charge >= 0.3 is 0 Å². The first-order chi connectivity index (χ1) is 12.6. The number of carbonyl (C=O) groups is 2. The molecule has 3 atom stereocenters. The molecule has 0 spiro atoms. The third-order valence-electron chi connectivity index (χ3n) is 5.58. The Kier molecular flexibility index (Phi) is 4.76. The first kappa shape index (κ1) is 17.2. The topological polar surface area (TPSA) is 71.1 Å². The summed E-state index contributed by atoms with van der Waals surface area (Å²) in [6.45, 7) is 1.49. The summed E-state index contributed by atoms with van der Waals surface area (Å²) >= 11 is 1.45. The van der Waals surface area contributed by atoms with Gasteiger partial charge in [-0.2, -0.15) is 0 Å². The molecule has 0 radical (unpaired) electrons. The summed E-state index contributed by atoms with van der Waals surface area (Å²) in [7, 11) is 0. The van der Waals surface area contributed by atoms with Crippen molar-refractivity contribution in [1.82, 2.24) is 4.98 Å². The lowest BCUT2D eigenvalue weighted by Gasteiger charge is -2.20. The third kappa shape index (κ3) is 3.80. The maximum absolute atomic E-state index is 12.4. The van der Waals surface area contributed by atoms with Crippen LogP contribution in [0, 0.1) is 17.8 Å². The monoisotopic (exact) mass is 369 g/mol. The average Bonchev–Trinajstić information content (AvgIpc) is 3.32.